The van der Waals surface area contributed by atoms with Crippen LogP contribution in [0.3, 0.4) is 0 Å². The van der Waals surface area contributed by atoms with Crippen molar-refractivity contribution in [2.75, 3.05) is 39.3 Å². The van der Waals surface area contributed by atoms with Gasteiger partial charge >= 0.3 is 0 Å². The number of hydrogen-bond acceptors (Lipinski definition) is 4. The fourth-order valence-electron chi connectivity index (χ4n) is 4.12. The lowest BCUT2D eigenvalue weighted by Crippen LogP contribution is -2.48. The van der Waals surface area contributed by atoms with Crippen LogP contribution in [0.25, 0.3) is 0 Å². The van der Waals surface area contributed by atoms with Crippen molar-refractivity contribution in [3.05, 3.63) is 35.4 Å². The zero-order chi connectivity index (χ0) is 17.0. The summed E-state index contributed by atoms with van der Waals surface area (Å²) in [5.41, 5.74) is 2.38. The monoisotopic (exact) mass is 332 g/mol. The molecule has 3 rings (SSSR count). The Labute approximate surface area is 146 Å². The highest BCUT2D eigenvalue weighted by molar-refractivity contribution is 5.26. The summed E-state index contributed by atoms with van der Waals surface area (Å²) in [5, 5.41) is 9.48. The Morgan fingerprint density at radius 3 is 2.42 bits per heavy atom. The van der Waals surface area contributed by atoms with Crippen molar-refractivity contribution >= 4 is 0 Å². The van der Waals surface area contributed by atoms with Crippen molar-refractivity contribution in [3.8, 4) is 0 Å². The molecular formula is C20H32N2O2. The molecule has 0 aromatic heterocycles. The van der Waals surface area contributed by atoms with E-state index in [9.17, 15) is 5.11 Å². The Balaban J connectivity index is 1.46. The molecule has 0 aliphatic carbocycles. The minimum absolute atomic E-state index is 0.0543. The first-order chi connectivity index (χ1) is 11.6. The smallest absolute Gasteiger partial charge is 0.0685 e. The molecule has 2 fully saturated rings. The van der Waals surface area contributed by atoms with Crippen LogP contribution in [0.5, 0.6) is 0 Å². The second-order valence-electron chi connectivity index (χ2n) is 7.97. The molecule has 4 heteroatoms. The van der Waals surface area contributed by atoms with Gasteiger partial charge in [-0.3, -0.25) is 4.90 Å². The Kier molecular flexibility index (Phi) is 5.93. The first-order valence-electron chi connectivity index (χ1n) is 9.32. The van der Waals surface area contributed by atoms with Crippen LogP contribution in [0, 0.1) is 5.92 Å². The van der Waals surface area contributed by atoms with Gasteiger partial charge < -0.3 is 14.7 Å². The Hall–Kier alpha value is -0.940. The molecular weight excluding hydrogens is 300 g/mol. The van der Waals surface area contributed by atoms with Crippen LogP contribution in [0.2, 0.25) is 0 Å². The van der Waals surface area contributed by atoms with Crippen molar-refractivity contribution in [2.45, 2.75) is 45.4 Å². The highest BCUT2D eigenvalue weighted by Crippen LogP contribution is 2.29. The van der Waals surface area contributed by atoms with Gasteiger partial charge in [-0.25, -0.2) is 0 Å². The quantitative estimate of drug-likeness (QED) is 0.899. The number of hydrogen-bond donors (Lipinski definition) is 1. The Morgan fingerprint density at radius 1 is 1.08 bits per heavy atom. The molecule has 0 amide bonds. The van der Waals surface area contributed by atoms with Crippen molar-refractivity contribution < 1.29 is 9.84 Å². The summed E-state index contributed by atoms with van der Waals surface area (Å²) in [6.07, 6.45) is 2.38. The molecule has 24 heavy (non-hydrogen) atoms. The largest absolute Gasteiger partial charge is 0.392 e. The second-order valence-corrected chi connectivity index (χ2v) is 7.97. The molecule has 2 saturated heterocycles. The van der Waals surface area contributed by atoms with Crippen LogP contribution < -0.4 is 0 Å². The molecule has 1 N–H and O–H groups in total. The summed E-state index contributed by atoms with van der Waals surface area (Å²) in [6.45, 7) is 12.2. The SMILES string of the molecule is CC1(C)CC(CN2CCN(Cc3ccccc3CO)CC2)CCO1. The molecule has 1 atom stereocenters. The first-order valence-corrected chi connectivity index (χ1v) is 9.32. The van der Waals surface area contributed by atoms with Crippen LogP contribution >= 0.6 is 0 Å². The fraction of sp³-hybridized carbons (Fsp3) is 0.700. The predicted octanol–water partition coefficient (Wildman–Crippen LogP) is 2.50. The van der Waals surface area contributed by atoms with Gasteiger partial charge in [-0.15, -0.1) is 0 Å². The lowest BCUT2D eigenvalue weighted by molar-refractivity contribution is -0.0781. The van der Waals surface area contributed by atoms with E-state index in [4.69, 9.17) is 4.74 Å². The van der Waals surface area contributed by atoms with Crippen LogP contribution in [0.4, 0.5) is 0 Å². The van der Waals surface area contributed by atoms with Gasteiger partial charge in [-0.05, 0) is 43.7 Å². The summed E-state index contributed by atoms with van der Waals surface area (Å²) in [7, 11) is 0. The van der Waals surface area contributed by atoms with E-state index in [-0.39, 0.29) is 12.2 Å². The average molecular weight is 332 g/mol. The van der Waals surface area contributed by atoms with Crippen LogP contribution in [-0.4, -0.2) is 59.8 Å². The molecule has 0 radical (unpaired) electrons. The number of rotatable bonds is 5. The third-order valence-electron chi connectivity index (χ3n) is 5.46. The highest BCUT2D eigenvalue weighted by Gasteiger charge is 2.30. The molecule has 0 saturated carbocycles. The van der Waals surface area contributed by atoms with Crippen LogP contribution in [0.15, 0.2) is 24.3 Å². The zero-order valence-corrected chi connectivity index (χ0v) is 15.2. The normalized spacial score (nSPS) is 25.7. The molecule has 134 valence electrons. The lowest BCUT2D eigenvalue weighted by Gasteiger charge is -2.40. The molecule has 1 unspecified atom stereocenters. The third kappa shape index (κ3) is 4.79. The van der Waals surface area contributed by atoms with E-state index in [1.54, 1.807) is 0 Å². The van der Waals surface area contributed by atoms with Gasteiger partial charge in [0.15, 0.2) is 0 Å². The molecule has 1 aromatic carbocycles. The number of aliphatic hydroxyl groups is 1. The maximum absolute atomic E-state index is 9.48. The molecule has 0 bridgehead atoms. The summed E-state index contributed by atoms with van der Waals surface area (Å²) in [6, 6.07) is 8.24. The van der Waals surface area contributed by atoms with Crippen LogP contribution in [-0.2, 0) is 17.9 Å². The van der Waals surface area contributed by atoms with Gasteiger partial charge in [0.1, 0.15) is 0 Å². The summed E-state index contributed by atoms with van der Waals surface area (Å²) in [5.74, 6) is 0.774. The summed E-state index contributed by atoms with van der Waals surface area (Å²) in [4.78, 5) is 5.14. The van der Waals surface area contributed by atoms with E-state index in [0.717, 1.165) is 50.8 Å². The van der Waals surface area contributed by atoms with E-state index < -0.39 is 0 Å². The second kappa shape index (κ2) is 7.96. The predicted molar refractivity (Wildman–Crippen MR) is 96.8 cm³/mol. The topological polar surface area (TPSA) is 35.9 Å². The van der Waals surface area contributed by atoms with E-state index in [1.165, 1.54) is 24.9 Å². The minimum atomic E-state index is 0.0543. The lowest BCUT2D eigenvalue weighted by atomic mass is 9.88. The molecule has 0 spiro atoms. The van der Waals surface area contributed by atoms with Gasteiger partial charge in [-0.1, -0.05) is 24.3 Å². The standard InChI is InChI=1S/C20H32N2O2/c1-20(2)13-17(7-12-24-20)14-21-8-10-22(11-9-21)15-18-5-3-4-6-19(18)16-23/h3-6,17,23H,7-16H2,1-2H3. The Bertz CT molecular complexity index is 524. The zero-order valence-electron chi connectivity index (χ0n) is 15.2. The van der Waals surface area contributed by atoms with E-state index in [0.29, 0.717) is 0 Å². The summed E-state index contributed by atoms with van der Waals surface area (Å²) >= 11 is 0. The number of nitrogens with zero attached hydrogens (tertiary/aromatic N) is 2. The number of piperazine rings is 1. The van der Waals surface area contributed by atoms with Gasteiger partial charge in [-0.2, -0.15) is 0 Å². The van der Waals surface area contributed by atoms with Crippen molar-refractivity contribution in [1.82, 2.24) is 9.80 Å². The van der Waals surface area contributed by atoms with Gasteiger partial charge in [0, 0.05) is 45.9 Å². The maximum Gasteiger partial charge on any atom is 0.0685 e. The van der Waals surface area contributed by atoms with E-state index in [1.807, 2.05) is 12.1 Å². The maximum atomic E-state index is 9.48. The molecule has 2 aliphatic heterocycles. The minimum Gasteiger partial charge on any atom is -0.392 e. The number of benzene rings is 1. The number of aliphatic hydroxyl groups excluding tert-OH is 1. The highest BCUT2D eigenvalue weighted by atomic mass is 16.5. The molecule has 1 aromatic rings. The van der Waals surface area contributed by atoms with Gasteiger partial charge in [0.2, 0.25) is 0 Å². The average Bonchev–Trinajstić information content (AvgIpc) is 2.56. The van der Waals surface area contributed by atoms with E-state index in [2.05, 4.69) is 35.8 Å². The fourth-order valence-corrected chi connectivity index (χ4v) is 4.12. The van der Waals surface area contributed by atoms with Crippen molar-refractivity contribution in [3.63, 3.8) is 0 Å². The van der Waals surface area contributed by atoms with Gasteiger partial charge in [0.25, 0.3) is 0 Å². The molecule has 4 nitrogen and oxygen atoms in total. The van der Waals surface area contributed by atoms with E-state index >= 15 is 0 Å². The third-order valence-corrected chi connectivity index (χ3v) is 5.46. The van der Waals surface area contributed by atoms with Crippen molar-refractivity contribution in [1.29, 1.82) is 0 Å². The molecule has 2 aliphatic rings. The van der Waals surface area contributed by atoms with Crippen LogP contribution in [0.1, 0.15) is 37.8 Å². The first kappa shape index (κ1) is 17.9. The summed E-state index contributed by atoms with van der Waals surface area (Å²) < 4.78 is 5.84. The van der Waals surface area contributed by atoms with Crippen molar-refractivity contribution in [2.24, 2.45) is 5.92 Å². The molecule has 2 heterocycles. The van der Waals surface area contributed by atoms with Gasteiger partial charge in [0.05, 0.1) is 12.2 Å². The number of ether oxygens (including phenoxy) is 1. The Morgan fingerprint density at radius 2 is 1.75 bits per heavy atom.